The summed E-state index contributed by atoms with van der Waals surface area (Å²) in [6.07, 6.45) is 0.994. The van der Waals surface area contributed by atoms with Crippen LogP contribution in [0.2, 0.25) is 0 Å². The van der Waals surface area contributed by atoms with E-state index in [1.165, 1.54) is 0 Å². The van der Waals surface area contributed by atoms with Crippen molar-refractivity contribution in [2.75, 3.05) is 19.8 Å². The average Bonchev–Trinajstić information content (AvgIpc) is 2.02. The van der Waals surface area contributed by atoms with Crippen molar-refractivity contribution in [2.45, 2.75) is 45.8 Å². The van der Waals surface area contributed by atoms with E-state index < -0.39 is 5.60 Å². The van der Waals surface area contributed by atoms with Gasteiger partial charge in [-0.15, -0.1) is 0 Å². The average molecular weight is 189 g/mol. The Hall–Kier alpha value is -0.120. The van der Waals surface area contributed by atoms with Crippen molar-refractivity contribution in [3.63, 3.8) is 0 Å². The van der Waals surface area contributed by atoms with Crippen LogP contribution in [0.4, 0.5) is 0 Å². The molecule has 0 aliphatic carbocycles. The van der Waals surface area contributed by atoms with Crippen LogP contribution in [0.1, 0.15) is 34.1 Å². The number of rotatable bonds is 7. The first-order valence-corrected chi connectivity index (χ1v) is 5.02. The summed E-state index contributed by atoms with van der Waals surface area (Å²) < 4.78 is 5.20. The van der Waals surface area contributed by atoms with Gasteiger partial charge in [0.1, 0.15) is 0 Å². The van der Waals surface area contributed by atoms with Gasteiger partial charge in [-0.2, -0.15) is 0 Å². The number of aliphatic hydroxyl groups is 1. The SMILES string of the molecule is CCOCCCNC(C)C(C)(C)O. The molecular formula is C10H23NO2. The van der Waals surface area contributed by atoms with Crippen molar-refractivity contribution in [3.05, 3.63) is 0 Å². The third kappa shape index (κ3) is 6.99. The van der Waals surface area contributed by atoms with Gasteiger partial charge in [-0.1, -0.05) is 0 Å². The maximum atomic E-state index is 9.60. The number of hydrogen-bond acceptors (Lipinski definition) is 3. The molecule has 0 rings (SSSR count). The van der Waals surface area contributed by atoms with Gasteiger partial charge in [0, 0.05) is 19.3 Å². The van der Waals surface area contributed by atoms with Crippen LogP contribution in [0.3, 0.4) is 0 Å². The van der Waals surface area contributed by atoms with E-state index in [2.05, 4.69) is 5.32 Å². The molecule has 0 bridgehead atoms. The maximum absolute atomic E-state index is 9.60. The zero-order chi connectivity index (χ0) is 10.3. The lowest BCUT2D eigenvalue weighted by molar-refractivity contribution is 0.0431. The van der Waals surface area contributed by atoms with Gasteiger partial charge in [-0.25, -0.2) is 0 Å². The van der Waals surface area contributed by atoms with Crippen molar-refractivity contribution >= 4 is 0 Å². The van der Waals surface area contributed by atoms with Crippen LogP contribution in [0.5, 0.6) is 0 Å². The molecule has 0 radical (unpaired) electrons. The fourth-order valence-electron chi connectivity index (χ4n) is 0.887. The third-order valence-electron chi connectivity index (χ3n) is 2.18. The molecule has 0 aliphatic heterocycles. The predicted octanol–water partition coefficient (Wildman–Crippen LogP) is 1.16. The molecule has 0 saturated carbocycles. The maximum Gasteiger partial charge on any atom is 0.0741 e. The lowest BCUT2D eigenvalue weighted by Crippen LogP contribution is -2.44. The van der Waals surface area contributed by atoms with E-state index in [-0.39, 0.29) is 6.04 Å². The van der Waals surface area contributed by atoms with Crippen molar-refractivity contribution in [1.82, 2.24) is 5.32 Å². The quantitative estimate of drug-likeness (QED) is 0.591. The van der Waals surface area contributed by atoms with Gasteiger partial charge >= 0.3 is 0 Å². The topological polar surface area (TPSA) is 41.5 Å². The van der Waals surface area contributed by atoms with Gasteiger partial charge in [0.05, 0.1) is 5.60 Å². The van der Waals surface area contributed by atoms with E-state index >= 15 is 0 Å². The van der Waals surface area contributed by atoms with Crippen molar-refractivity contribution in [3.8, 4) is 0 Å². The van der Waals surface area contributed by atoms with Crippen molar-refractivity contribution in [2.24, 2.45) is 0 Å². The Morgan fingerprint density at radius 3 is 2.54 bits per heavy atom. The highest BCUT2D eigenvalue weighted by Gasteiger charge is 2.20. The first kappa shape index (κ1) is 12.9. The summed E-state index contributed by atoms with van der Waals surface area (Å²) in [6.45, 7) is 10.1. The smallest absolute Gasteiger partial charge is 0.0741 e. The molecule has 1 unspecified atom stereocenters. The highest BCUT2D eigenvalue weighted by atomic mass is 16.5. The Morgan fingerprint density at radius 1 is 1.46 bits per heavy atom. The third-order valence-corrected chi connectivity index (χ3v) is 2.18. The minimum Gasteiger partial charge on any atom is -0.389 e. The van der Waals surface area contributed by atoms with Gasteiger partial charge in [-0.05, 0) is 40.7 Å². The molecule has 0 aromatic rings. The second kappa shape index (κ2) is 6.35. The van der Waals surface area contributed by atoms with E-state index in [1.807, 2.05) is 27.7 Å². The second-order valence-electron chi connectivity index (χ2n) is 3.88. The summed E-state index contributed by atoms with van der Waals surface area (Å²) in [5, 5.41) is 12.8. The van der Waals surface area contributed by atoms with Crippen LogP contribution in [0, 0.1) is 0 Å². The fraction of sp³-hybridized carbons (Fsp3) is 1.00. The summed E-state index contributed by atoms with van der Waals surface area (Å²) in [7, 11) is 0. The Balaban J connectivity index is 3.32. The van der Waals surface area contributed by atoms with E-state index in [0.717, 1.165) is 26.2 Å². The molecule has 3 heteroatoms. The van der Waals surface area contributed by atoms with Crippen LogP contribution in [-0.2, 0) is 4.74 Å². The monoisotopic (exact) mass is 189 g/mol. The molecule has 0 spiro atoms. The molecule has 0 saturated heterocycles. The molecule has 1 atom stereocenters. The molecule has 80 valence electrons. The molecular weight excluding hydrogens is 166 g/mol. The minimum atomic E-state index is -0.647. The van der Waals surface area contributed by atoms with Gasteiger partial charge < -0.3 is 15.2 Å². The number of ether oxygens (including phenoxy) is 1. The predicted molar refractivity (Wildman–Crippen MR) is 54.9 cm³/mol. The van der Waals surface area contributed by atoms with Crippen LogP contribution in [-0.4, -0.2) is 36.5 Å². The molecule has 0 aromatic carbocycles. The summed E-state index contributed by atoms with van der Waals surface area (Å²) >= 11 is 0. The van der Waals surface area contributed by atoms with E-state index in [1.54, 1.807) is 0 Å². The largest absolute Gasteiger partial charge is 0.389 e. The Kier molecular flexibility index (Phi) is 6.29. The summed E-state index contributed by atoms with van der Waals surface area (Å²) in [5.74, 6) is 0. The molecule has 0 heterocycles. The molecule has 13 heavy (non-hydrogen) atoms. The molecule has 2 N–H and O–H groups in total. The van der Waals surface area contributed by atoms with E-state index in [9.17, 15) is 5.11 Å². The van der Waals surface area contributed by atoms with Crippen molar-refractivity contribution < 1.29 is 9.84 Å². The first-order chi connectivity index (χ1) is 5.98. The second-order valence-corrected chi connectivity index (χ2v) is 3.88. The molecule has 0 amide bonds. The zero-order valence-electron chi connectivity index (χ0n) is 9.26. The van der Waals surface area contributed by atoms with Crippen LogP contribution in [0.25, 0.3) is 0 Å². The van der Waals surface area contributed by atoms with Gasteiger partial charge in [-0.3, -0.25) is 0 Å². The molecule has 0 aromatic heterocycles. The van der Waals surface area contributed by atoms with Gasteiger partial charge in [0.25, 0.3) is 0 Å². The number of hydrogen-bond donors (Lipinski definition) is 2. The van der Waals surface area contributed by atoms with E-state index in [0.29, 0.717) is 0 Å². The van der Waals surface area contributed by atoms with Gasteiger partial charge in [0.15, 0.2) is 0 Å². The van der Waals surface area contributed by atoms with Crippen molar-refractivity contribution in [1.29, 1.82) is 0 Å². The Labute approximate surface area is 81.5 Å². The van der Waals surface area contributed by atoms with E-state index in [4.69, 9.17) is 4.74 Å². The standard InChI is InChI=1S/C10H23NO2/c1-5-13-8-6-7-11-9(2)10(3,4)12/h9,11-12H,5-8H2,1-4H3. The van der Waals surface area contributed by atoms with Gasteiger partial charge in [0.2, 0.25) is 0 Å². The minimum absolute atomic E-state index is 0.120. The molecule has 3 nitrogen and oxygen atoms in total. The Bertz CT molecular complexity index is 121. The first-order valence-electron chi connectivity index (χ1n) is 5.02. The zero-order valence-corrected chi connectivity index (χ0v) is 9.26. The lowest BCUT2D eigenvalue weighted by atomic mass is 10.0. The molecule has 0 aliphatic rings. The summed E-state index contributed by atoms with van der Waals surface area (Å²) in [4.78, 5) is 0. The Morgan fingerprint density at radius 2 is 2.08 bits per heavy atom. The highest BCUT2D eigenvalue weighted by Crippen LogP contribution is 2.06. The fourth-order valence-corrected chi connectivity index (χ4v) is 0.887. The summed E-state index contributed by atoms with van der Waals surface area (Å²) in [6, 6.07) is 0.120. The van der Waals surface area contributed by atoms with Crippen LogP contribution in [0.15, 0.2) is 0 Å². The van der Waals surface area contributed by atoms with Crippen LogP contribution < -0.4 is 5.32 Å². The number of nitrogens with one attached hydrogen (secondary N) is 1. The highest BCUT2D eigenvalue weighted by molar-refractivity contribution is 4.79. The molecule has 0 fully saturated rings. The lowest BCUT2D eigenvalue weighted by Gasteiger charge is -2.26. The summed E-state index contributed by atoms with van der Waals surface area (Å²) in [5.41, 5.74) is -0.647. The van der Waals surface area contributed by atoms with Crippen LogP contribution >= 0.6 is 0 Å². The normalized spacial score (nSPS) is 14.5.